The number of ether oxygens (including phenoxy) is 1. The molecule has 1 aliphatic rings. The van der Waals surface area contributed by atoms with E-state index >= 15 is 0 Å². The largest absolute Gasteiger partial charge is 0.399 e. The summed E-state index contributed by atoms with van der Waals surface area (Å²) in [6.07, 6.45) is 3.83. The summed E-state index contributed by atoms with van der Waals surface area (Å²) < 4.78 is 20.9. The summed E-state index contributed by atoms with van der Waals surface area (Å²) in [5.74, 6) is 0.481. The van der Waals surface area contributed by atoms with Crippen LogP contribution in [0.3, 0.4) is 0 Å². The zero-order chi connectivity index (χ0) is 24.1. The molecule has 182 valence electrons. The first-order chi connectivity index (χ1) is 16.5. The van der Waals surface area contributed by atoms with Gasteiger partial charge in [0, 0.05) is 38.9 Å². The SMILES string of the molecule is CCc1nc2cc(N)cc(C(=O)NCC(c3ccc(F)cc3)N3CCCC3)c2n1CCCOC. The molecule has 3 aromatic rings. The first-order valence-electron chi connectivity index (χ1n) is 12.1. The van der Waals surface area contributed by atoms with Crippen molar-refractivity contribution in [3.8, 4) is 0 Å². The van der Waals surface area contributed by atoms with Crippen LogP contribution < -0.4 is 11.1 Å². The van der Waals surface area contributed by atoms with Crippen LogP contribution >= 0.6 is 0 Å². The molecular formula is C26H34FN5O2. The molecule has 7 nitrogen and oxygen atoms in total. The number of nitrogens with zero attached hydrogens (tertiary/aromatic N) is 3. The number of methoxy groups -OCH3 is 1. The fourth-order valence-electron chi connectivity index (χ4n) is 4.87. The maximum Gasteiger partial charge on any atom is 0.253 e. The first kappa shape index (κ1) is 24.2. The number of imidazole rings is 1. The Morgan fingerprint density at radius 1 is 1.24 bits per heavy atom. The monoisotopic (exact) mass is 467 g/mol. The van der Waals surface area contributed by atoms with Gasteiger partial charge in [-0.05, 0) is 62.2 Å². The molecule has 1 aliphatic heterocycles. The standard InChI is InChI=1S/C26H34FN5O2/c1-3-24-30-22-16-20(28)15-21(25(22)32(24)13-6-14-34-2)26(33)29-17-23(31-11-4-5-12-31)18-7-9-19(27)10-8-18/h7-10,15-16,23H,3-6,11-14,17,28H2,1-2H3,(H,29,33). The number of rotatable bonds is 10. The Labute approximate surface area is 200 Å². The molecule has 0 spiro atoms. The molecule has 34 heavy (non-hydrogen) atoms. The minimum atomic E-state index is -0.261. The predicted octanol–water partition coefficient (Wildman–Crippen LogP) is 3.92. The van der Waals surface area contributed by atoms with Crippen LogP contribution in [-0.4, -0.2) is 53.7 Å². The van der Waals surface area contributed by atoms with Crippen molar-refractivity contribution in [3.05, 3.63) is 59.2 Å². The quantitative estimate of drug-likeness (QED) is 0.349. The number of hydrogen-bond acceptors (Lipinski definition) is 5. The van der Waals surface area contributed by atoms with Gasteiger partial charge >= 0.3 is 0 Å². The number of nitrogens with two attached hydrogens (primary N) is 1. The molecule has 0 saturated carbocycles. The van der Waals surface area contributed by atoms with Crippen LogP contribution in [0.4, 0.5) is 10.1 Å². The van der Waals surface area contributed by atoms with Gasteiger partial charge in [-0.2, -0.15) is 0 Å². The second kappa shape index (κ2) is 11.0. The number of aryl methyl sites for hydroxylation is 2. The van der Waals surface area contributed by atoms with Crippen molar-refractivity contribution in [1.82, 2.24) is 19.8 Å². The van der Waals surface area contributed by atoms with E-state index in [0.29, 0.717) is 30.9 Å². The highest BCUT2D eigenvalue weighted by molar-refractivity contribution is 6.06. The van der Waals surface area contributed by atoms with Crippen molar-refractivity contribution in [1.29, 1.82) is 0 Å². The zero-order valence-electron chi connectivity index (χ0n) is 20.0. The van der Waals surface area contributed by atoms with E-state index < -0.39 is 0 Å². The number of amides is 1. The molecule has 1 saturated heterocycles. The van der Waals surface area contributed by atoms with Crippen LogP contribution in [0.15, 0.2) is 36.4 Å². The molecule has 0 bridgehead atoms. The van der Waals surface area contributed by atoms with E-state index in [2.05, 4.69) is 21.7 Å². The lowest BCUT2D eigenvalue weighted by Crippen LogP contribution is -2.37. The third-order valence-corrected chi connectivity index (χ3v) is 6.53. The molecule has 1 aromatic heterocycles. The number of nitrogen functional groups attached to an aromatic ring is 1. The van der Waals surface area contributed by atoms with Gasteiger partial charge in [0.2, 0.25) is 0 Å². The lowest BCUT2D eigenvalue weighted by Gasteiger charge is -2.28. The smallest absolute Gasteiger partial charge is 0.253 e. The lowest BCUT2D eigenvalue weighted by atomic mass is 10.0. The van der Waals surface area contributed by atoms with Crippen molar-refractivity contribution in [2.24, 2.45) is 0 Å². The number of benzene rings is 2. The number of halogens is 1. The highest BCUT2D eigenvalue weighted by atomic mass is 19.1. The summed E-state index contributed by atoms with van der Waals surface area (Å²) in [7, 11) is 1.68. The normalized spacial score (nSPS) is 15.1. The van der Waals surface area contributed by atoms with Crippen molar-refractivity contribution in [2.45, 2.75) is 45.2 Å². The maximum atomic E-state index is 13.5. The summed E-state index contributed by atoms with van der Waals surface area (Å²) in [6, 6.07) is 10.1. The number of nitrogens with one attached hydrogen (secondary N) is 1. The van der Waals surface area contributed by atoms with E-state index in [0.717, 1.165) is 61.2 Å². The van der Waals surface area contributed by atoms with Gasteiger partial charge in [-0.25, -0.2) is 9.37 Å². The third kappa shape index (κ3) is 5.23. The van der Waals surface area contributed by atoms with Gasteiger partial charge in [-0.15, -0.1) is 0 Å². The second-order valence-electron chi connectivity index (χ2n) is 8.84. The van der Waals surface area contributed by atoms with Crippen molar-refractivity contribution >= 4 is 22.6 Å². The molecule has 8 heteroatoms. The summed E-state index contributed by atoms with van der Waals surface area (Å²) >= 11 is 0. The van der Waals surface area contributed by atoms with Crippen LogP contribution in [0.2, 0.25) is 0 Å². The number of likely N-dealkylation sites (tertiary alicyclic amines) is 1. The summed E-state index contributed by atoms with van der Waals surface area (Å²) in [6.45, 7) is 5.76. The highest BCUT2D eigenvalue weighted by Gasteiger charge is 2.25. The van der Waals surface area contributed by atoms with Crippen molar-refractivity contribution < 1.29 is 13.9 Å². The van der Waals surface area contributed by atoms with Gasteiger partial charge in [0.25, 0.3) is 5.91 Å². The van der Waals surface area contributed by atoms with Crippen LogP contribution in [-0.2, 0) is 17.7 Å². The van der Waals surface area contributed by atoms with E-state index in [1.54, 1.807) is 13.2 Å². The Hall–Kier alpha value is -2.97. The molecular weight excluding hydrogens is 433 g/mol. The topological polar surface area (TPSA) is 85.4 Å². The number of fused-ring (bicyclic) bond motifs is 1. The number of anilines is 1. The van der Waals surface area contributed by atoms with Crippen LogP contribution in [0.25, 0.3) is 11.0 Å². The van der Waals surface area contributed by atoms with Crippen LogP contribution in [0.1, 0.15) is 54.0 Å². The zero-order valence-corrected chi connectivity index (χ0v) is 20.0. The molecule has 2 heterocycles. The number of hydrogen-bond donors (Lipinski definition) is 2. The minimum absolute atomic E-state index is 0.0126. The molecule has 1 atom stereocenters. The van der Waals surface area contributed by atoms with E-state index in [1.807, 2.05) is 18.2 Å². The van der Waals surface area contributed by atoms with Crippen molar-refractivity contribution in [2.75, 3.05) is 39.1 Å². The molecule has 1 unspecified atom stereocenters. The maximum absolute atomic E-state index is 13.5. The summed E-state index contributed by atoms with van der Waals surface area (Å²) in [5.41, 5.74) is 9.72. The predicted molar refractivity (Wildman–Crippen MR) is 132 cm³/mol. The summed E-state index contributed by atoms with van der Waals surface area (Å²) in [4.78, 5) is 20.6. The molecule has 3 N–H and O–H groups in total. The van der Waals surface area contributed by atoms with Crippen molar-refractivity contribution in [3.63, 3.8) is 0 Å². The second-order valence-corrected chi connectivity index (χ2v) is 8.84. The van der Waals surface area contributed by atoms with E-state index in [9.17, 15) is 9.18 Å². The molecule has 4 rings (SSSR count). The van der Waals surface area contributed by atoms with Gasteiger partial charge in [0.15, 0.2) is 0 Å². The Morgan fingerprint density at radius 3 is 2.65 bits per heavy atom. The first-order valence-corrected chi connectivity index (χ1v) is 12.1. The Balaban J connectivity index is 1.62. The highest BCUT2D eigenvalue weighted by Crippen LogP contribution is 2.27. The van der Waals surface area contributed by atoms with Crippen LogP contribution in [0.5, 0.6) is 0 Å². The van der Waals surface area contributed by atoms with Gasteiger partial charge < -0.3 is 20.4 Å². The van der Waals surface area contributed by atoms with E-state index in [1.165, 1.54) is 12.1 Å². The average Bonchev–Trinajstić information content (AvgIpc) is 3.48. The van der Waals surface area contributed by atoms with Gasteiger partial charge in [0.05, 0.1) is 22.6 Å². The number of carbonyl (C=O) groups is 1. The van der Waals surface area contributed by atoms with E-state index in [-0.39, 0.29) is 17.8 Å². The fourth-order valence-corrected chi connectivity index (χ4v) is 4.87. The average molecular weight is 468 g/mol. The molecule has 0 aliphatic carbocycles. The summed E-state index contributed by atoms with van der Waals surface area (Å²) in [5, 5.41) is 3.13. The minimum Gasteiger partial charge on any atom is -0.399 e. The number of aromatic nitrogens is 2. The molecule has 2 aromatic carbocycles. The Morgan fingerprint density at radius 2 is 1.97 bits per heavy atom. The Bertz CT molecular complexity index is 1120. The van der Waals surface area contributed by atoms with E-state index in [4.69, 9.17) is 15.5 Å². The Kier molecular flexibility index (Phi) is 7.80. The number of carbonyl (C=O) groups excluding carboxylic acids is 1. The van der Waals surface area contributed by atoms with Gasteiger partial charge in [-0.1, -0.05) is 19.1 Å². The molecule has 1 amide bonds. The van der Waals surface area contributed by atoms with Crippen LogP contribution in [0, 0.1) is 5.82 Å². The fraction of sp³-hybridized carbons (Fsp3) is 0.462. The third-order valence-electron chi connectivity index (χ3n) is 6.53. The lowest BCUT2D eigenvalue weighted by molar-refractivity contribution is 0.0939. The molecule has 0 radical (unpaired) electrons. The van der Waals surface area contributed by atoms with Gasteiger partial charge in [0.1, 0.15) is 11.6 Å². The molecule has 1 fully saturated rings. The van der Waals surface area contributed by atoms with Gasteiger partial charge in [-0.3, -0.25) is 9.69 Å².